The van der Waals surface area contributed by atoms with E-state index in [0.29, 0.717) is 34.6 Å². The molecular weight excluding hydrogens is 638 g/mol. The van der Waals surface area contributed by atoms with Crippen LogP contribution < -0.4 is 9.64 Å². The Balaban J connectivity index is 1.57. The number of carbonyl (C=O) groups is 1. The summed E-state index contributed by atoms with van der Waals surface area (Å²) >= 11 is 0. The molecule has 1 aromatic heterocycles. The largest absolute Gasteiger partial charge is 0.496 e. The zero-order chi connectivity index (χ0) is 34.5. The average molecular weight is 672 g/mol. The van der Waals surface area contributed by atoms with Gasteiger partial charge in [-0.1, -0.05) is 19.4 Å². The molecule has 6 nitrogen and oxygen atoms in total. The molecule has 0 unspecified atom stereocenters. The number of anilines is 1. The molecule has 2 saturated heterocycles. The zero-order valence-corrected chi connectivity index (χ0v) is 26.0. The van der Waals surface area contributed by atoms with Crippen LogP contribution in [0.15, 0.2) is 42.5 Å². The minimum absolute atomic E-state index is 0.00844. The highest BCUT2D eigenvalue weighted by Crippen LogP contribution is 2.43. The summed E-state index contributed by atoms with van der Waals surface area (Å²) in [5.74, 6) is -2.18. The summed E-state index contributed by atoms with van der Waals surface area (Å²) in [7, 11) is 1.48. The highest BCUT2D eigenvalue weighted by Gasteiger charge is 2.46. The summed E-state index contributed by atoms with van der Waals surface area (Å²) in [4.78, 5) is 20.4. The lowest BCUT2D eigenvalue weighted by molar-refractivity contribution is -0.143. The fourth-order valence-corrected chi connectivity index (χ4v) is 5.99. The molecule has 3 heterocycles. The van der Waals surface area contributed by atoms with E-state index in [9.17, 15) is 39.9 Å². The molecule has 0 spiro atoms. The molecule has 0 N–H and O–H groups in total. The van der Waals surface area contributed by atoms with Crippen LogP contribution >= 0.6 is 0 Å². The van der Waals surface area contributed by atoms with Gasteiger partial charge in [-0.2, -0.15) is 26.3 Å². The lowest BCUT2D eigenvalue weighted by atomic mass is 9.94. The number of aryl methyl sites for hydroxylation is 2. The number of carbonyl (C=O) groups excluding carboxylic acids is 1. The van der Waals surface area contributed by atoms with Gasteiger partial charge in [-0.15, -0.1) is 0 Å². The van der Waals surface area contributed by atoms with E-state index in [1.807, 2.05) is 12.1 Å². The third-order valence-corrected chi connectivity index (χ3v) is 8.45. The predicted octanol–water partition coefficient (Wildman–Crippen LogP) is 8.98. The Morgan fingerprint density at radius 3 is 2.19 bits per heavy atom. The molecule has 254 valence electrons. The third kappa shape index (κ3) is 7.10. The molecule has 0 saturated carbocycles. The maximum absolute atomic E-state index is 13.8. The number of hydrogen-bond acceptors (Lipinski definition) is 5. The van der Waals surface area contributed by atoms with Crippen molar-refractivity contribution >= 4 is 11.9 Å². The van der Waals surface area contributed by atoms with Crippen LogP contribution in [0.3, 0.4) is 0 Å². The first-order valence-corrected chi connectivity index (χ1v) is 15.0. The fourth-order valence-electron chi connectivity index (χ4n) is 5.99. The molecule has 1 amide bonds. The van der Waals surface area contributed by atoms with Gasteiger partial charge in [0.05, 0.1) is 49.6 Å². The van der Waals surface area contributed by atoms with Gasteiger partial charge in [0.1, 0.15) is 17.7 Å². The van der Waals surface area contributed by atoms with E-state index in [4.69, 9.17) is 9.47 Å². The second kappa shape index (κ2) is 12.5. The fraction of sp³-hybridized carbons (Fsp3) is 0.455. The Kier molecular flexibility index (Phi) is 9.10. The minimum Gasteiger partial charge on any atom is -0.496 e. The van der Waals surface area contributed by atoms with Crippen molar-refractivity contribution in [2.24, 2.45) is 0 Å². The Labute approximate surface area is 266 Å². The van der Waals surface area contributed by atoms with Gasteiger partial charge in [0.25, 0.3) is 5.92 Å². The quantitative estimate of drug-likeness (QED) is 0.213. The van der Waals surface area contributed by atoms with Crippen LogP contribution in [-0.4, -0.2) is 48.1 Å². The van der Waals surface area contributed by atoms with Crippen LogP contribution in [0.25, 0.3) is 11.1 Å². The van der Waals surface area contributed by atoms with E-state index in [2.05, 4.69) is 11.9 Å². The number of cyclic esters (lactones) is 1. The Morgan fingerprint density at radius 2 is 1.64 bits per heavy atom. The number of unbranched alkanes of at least 4 members (excludes halogenated alkanes) is 1. The summed E-state index contributed by atoms with van der Waals surface area (Å²) in [6.07, 6.45) is -9.99. The van der Waals surface area contributed by atoms with Gasteiger partial charge < -0.3 is 14.4 Å². The SMILES string of the molecule is CCCCc1ccc(OC)c(-c2c(C)cc(N3CC(F)(F)C3)nc2CN2C(=O)O[C@H](c3cc(C(F)(F)F)cc(C(F)(F)F)c3)[C@@H]2C)c1. The van der Waals surface area contributed by atoms with Crippen molar-refractivity contribution in [2.45, 2.75) is 77.0 Å². The number of nitrogens with zero attached hydrogens (tertiary/aromatic N) is 3. The van der Waals surface area contributed by atoms with Gasteiger partial charge in [-0.05, 0) is 79.8 Å². The first kappa shape index (κ1) is 34.2. The maximum atomic E-state index is 13.8. The number of hydrogen-bond donors (Lipinski definition) is 0. The lowest BCUT2D eigenvalue weighted by Gasteiger charge is -2.40. The molecule has 5 rings (SSSR count). The van der Waals surface area contributed by atoms with Gasteiger partial charge in [0.2, 0.25) is 0 Å². The monoisotopic (exact) mass is 671 g/mol. The maximum Gasteiger partial charge on any atom is 0.416 e. The van der Waals surface area contributed by atoms with Crippen LogP contribution in [0.5, 0.6) is 5.75 Å². The van der Waals surface area contributed by atoms with Crippen LogP contribution in [0, 0.1) is 6.92 Å². The molecule has 2 aliphatic heterocycles. The van der Waals surface area contributed by atoms with Crippen molar-refractivity contribution in [3.05, 3.63) is 76.0 Å². The second-order valence-corrected chi connectivity index (χ2v) is 12.0. The number of aromatic nitrogens is 1. The molecule has 0 aliphatic carbocycles. The van der Waals surface area contributed by atoms with E-state index >= 15 is 0 Å². The molecule has 2 aromatic carbocycles. The summed E-state index contributed by atoms with van der Waals surface area (Å²) < 4.78 is 120. The smallest absolute Gasteiger partial charge is 0.416 e. The molecule has 0 radical (unpaired) electrons. The van der Waals surface area contributed by atoms with E-state index in [-0.39, 0.29) is 24.1 Å². The first-order chi connectivity index (χ1) is 21.9. The number of methoxy groups -OCH3 is 1. The van der Waals surface area contributed by atoms with Crippen molar-refractivity contribution in [3.8, 4) is 16.9 Å². The van der Waals surface area contributed by atoms with Gasteiger partial charge in [-0.3, -0.25) is 4.90 Å². The van der Waals surface area contributed by atoms with Gasteiger partial charge in [0.15, 0.2) is 0 Å². The molecule has 0 bridgehead atoms. The number of rotatable bonds is 9. The van der Waals surface area contributed by atoms with Crippen molar-refractivity contribution in [1.82, 2.24) is 9.88 Å². The zero-order valence-electron chi connectivity index (χ0n) is 26.0. The molecule has 3 aromatic rings. The van der Waals surface area contributed by atoms with Crippen LogP contribution in [0.1, 0.15) is 66.3 Å². The summed E-state index contributed by atoms with van der Waals surface area (Å²) in [6.45, 7) is 3.86. The third-order valence-electron chi connectivity index (χ3n) is 8.45. The Morgan fingerprint density at radius 1 is 1.00 bits per heavy atom. The lowest BCUT2D eigenvalue weighted by Crippen LogP contribution is -2.56. The van der Waals surface area contributed by atoms with E-state index in [0.717, 1.165) is 29.7 Å². The standard InChI is InChI=1S/C33H33F8N3O3/c1-5-6-7-20-8-9-26(46-4)24(11-20)28-18(2)10-27(43-16-31(34,35)17-43)42-25(28)15-44-19(3)29(47-30(44)45)21-12-22(32(36,37)38)14-23(13-21)33(39,40)41/h8-14,19,29H,5-7,15-17H2,1-4H3/t19-,29-/m0/s1. The Bertz CT molecular complexity index is 1620. The second-order valence-electron chi connectivity index (χ2n) is 12.0. The van der Waals surface area contributed by atoms with Crippen LogP contribution in [0.2, 0.25) is 0 Å². The van der Waals surface area contributed by atoms with Crippen molar-refractivity contribution in [3.63, 3.8) is 0 Å². The molecule has 2 atom stereocenters. The predicted molar refractivity (Wildman–Crippen MR) is 157 cm³/mol. The average Bonchev–Trinajstić information content (AvgIpc) is 3.25. The molecule has 2 aliphatic rings. The number of amides is 1. The number of alkyl halides is 8. The van der Waals surface area contributed by atoms with Crippen LogP contribution in [-0.2, 0) is 30.1 Å². The Hall–Kier alpha value is -4.10. The molecule has 2 fully saturated rings. The van der Waals surface area contributed by atoms with Gasteiger partial charge in [0, 0.05) is 11.1 Å². The number of benzene rings is 2. The molecule has 47 heavy (non-hydrogen) atoms. The van der Waals surface area contributed by atoms with Crippen LogP contribution in [0.4, 0.5) is 45.7 Å². The molecular formula is C33H33F8N3O3. The highest BCUT2D eigenvalue weighted by atomic mass is 19.4. The van der Waals surface area contributed by atoms with Crippen molar-refractivity contribution in [2.75, 3.05) is 25.1 Å². The molecule has 14 heteroatoms. The number of pyridine rings is 1. The summed E-state index contributed by atoms with van der Waals surface area (Å²) in [5, 5.41) is 0. The first-order valence-electron chi connectivity index (χ1n) is 15.0. The minimum atomic E-state index is -5.09. The normalized spacial score (nSPS) is 19.5. The van der Waals surface area contributed by atoms with E-state index in [1.165, 1.54) is 18.9 Å². The number of halogens is 8. The summed E-state index contributed by atoms with van der Waals surface area (Å²) in [6, 6.07) is 7.35. The van der Waals surface area contributed by atoms with Crippen molar-refractivity contribution < 1.29 is 49.4 Å². The van der Waals surface area contributed by atoms with Gasteiger partial charge in [-0.25, -0.2) is 18.6 Å². The van der Waals surface area contributed by atoms with E-state index < -0.39 is 66.3 Å². The highest BCUT2D eigenvalue weighted by molar-refractivity contribution is 5.78. The summed E-state index contributed by atoms with van der Waals surface area (Å²) in [5.41, 5.74) is -0.443. The van der Waals surface area contributed by atoms with Crippen molar-refractivity contribution in [1.29, 1.82) is 0 Å². The van der Waals surface area contributed by atoms with Gasteiger partial charge >= 0.3 is 18.4 Å². The van der Waals surface area contributed by atoms with E-state index in [1.54, 1.807) is 19.1 Å². The number of ether oxygens (including phenoxy) is 2. The topological polar surface area (TPSA) is 54.9 Å².